The molecule has 0 saturated carbocycles. The molecule has 3 rings (SSSR count). The Bertz CT molecular complexity index is 778. The van der Waals surface area contributed by atoms with E-state index in [0.717, 1.165) is 11.1 Å². The maximum atomic E-state index is 13.7. The van der Waals surface area contributed by atoms with Crippen LogP contribution < -0.4 is 5.32 Å². The highest BCUT2D eigenvalue weighted by atomic mass is 19.1. The van der Waals surface area contributed by atoms with Crippen LogP contribution in [0.25, 0.3) is 0 Å². The zero-order valence-corrected chi connectivity index (χ0v) is 13.9. The van der Waals surface area contributed by atoms with Gasteiger partial charge in [-0.15, -0.1) is 0 Å². The van der Waals surface area contributed by atoms with Gasteiger partial charge >= 0.3 is 0 Å². The van der Waals surface area contributed by atoms with E-state index in [1.807, 2.05) is 60.7 Å². The monoisotopic (exact) mass is 333 g/mol. The molecule has 2 nitrogen and oxygen atoms in total. The number of carbonyl (C=O) groups excluding carboxylic acids is 1. The van der Waals surface area contributed by atoms with E-state index in [2.05, 4.69) is 5.32 Å². The predicted octanol–water partition coefficient (Wildman–Crippen LogP) is 4.66. The van der Waals surface area contributed by atoms with Crippen LogP contribution in [0.15, 0.2) is 84.9 Å². The summed E-state index contributed by atoms with van der Waals surface area (Å²) in [5.41, 5.74) is 2.61. The van der Waals surface area contributed by atoms with Crippen molar-refractivity contribution < 1.29 is 9.18 Å². The van der Waals surface area contributed by atoms with Gasteiger partial charge in [0.05, 0.1) is 6.04 Å². The van der Waals surface area contributed by atoms with Gasteiger partial charge in [0.2, 0.25) is 5.91 Å². The predicted molar refractivity (Wildman–Crippen MR) is 97.6 cm³/mol. The molecule has 25 heavy (non-hydrogen) atoms. The number of nitrogens with one attached hydrogen (secondary N) is 1. The Morgan fingerprint density at radius 2 is 1.32 bits per heavy atom. The smallest absolute Gasteiger partial charge is 0.221 e. The molecule has 126 valence electrons. The fraction of sp³-hybridized carbons (Fsp3) is 0.136. The first-order valence-electron chi connectivity index (χ1n) is 8.36. The Labute approximate surface area is 147 Å². The molecule has 0 fully saturated rings. The lowest BCUT2D eigenvalue weighted by molar-refractivity contribution is -0.121. The largest absolute Gasteiger partial charge is 0.345 e. The molecule has 3 aromatic carbocycles. The summed E-state index contributed by atoms with van der Waals surface area (Å²) >= 11 is 0. The molecule has 0 bridgehead atoms. The number of carbonyl (C=O) groups is 1. The van der Waals surface area contributed by atoms with Crippen molar-refractivity contribution >= 4 is 5.91 Å². The van der Waals surface area contributed by atoms with Gasteiger partial charge in [-0.3, -0.25) is 4.79 Å². The maximum Gasteiger partial charge on any atom is 0.221 e. The number of hydrogen-bond donors (Lipinski definition) is 1. The van der Waals surface area contributed by atoms with Gasteiger partial charge < -0.3 is 5.32 Å². The van der Waals surface area contributed by atoms with E-state index in [9.17, 15) is 9.18 Å². The fourth-order valence-corrected chi connectivity index (χ4v) is 2.83. The molecule has 0 radical (unpaired) electrons. The molecule has 1 amide bonds. The molecule has 0 saturated heterocycles. The molecule has 0 aliphatic carbocycles. The van der Waals surface area contributed by atoms with Crippen LogP contribution in [0.2, 0.25) is 0 Å². The quantitative estimate of drug-likeness (QED) is 0.698. The molecule has 0 aliphatic rings. The zero-order chi connectivity index (χ0) is 17.5. The van der Waals surface area contributed by atoms with E-state index in [4.69, 9.17) is 0 Å². The van der Waals surface area contributed by atoms with Crippen molar-refractivity contribution in [2.45, 2.75) is 18.9 Å². The molecule has 0 unspecified atom stereocenters. The Balaban J connectivity index is 1.72. The molecule has 0 spiro atoms. The Morgan fingerprint density at radius 1 is 0.800 bits per heavy atom. The van der Waals surface area contributed by atoms with Crippen LogP contribution >= 0.6 is 0 Å². The third-order valence-corrected chi connectivity index (χ3v) is 4.15. The number of amides is 1. The Hall–Kier alpha value is -2.94. The summed E-state index contributed by atoms with van der Waals surface area (Å²) in [6.45, 7) is 0. The molecule has 3 heteroatoms. The van der Waals surface area contributed by atoms with Crippen LogP contribution in [-0.4, -0.2) is 5.91 Å². The van der Waals surface area contributed by atoms with Gasteiger partial charge in [0.15, 0.2) is 0 Å². The van der Waals surface area contributed by atoms with Gasteiger partial charge in [-0.1, -0.05) is 78.9 Å². The minimum absolute atomic E-state index is 0.0963. The second-order valence-corrected chi connectivity index (χ2v) is 5.91. The average Bonchev–Trinajstić information content (AvgIpc) is 2.67. The summed E-state index contributed by atoms with van der Waals surface area (Å²) < 4.78 is 13.7. The number of benzene rings is 3. The van der Waals surface area contributed by atoms with Gasteiger partial charge in [0.1, 0.15) is 5.82 Å². The van der Waals surface area contributed by atoms with E-state index >= 15 is 0 Å². The second kappa shape index (κ2) is 8.25. The first-order valence-corrected chi connectivity index (χ1v) is 8.36. The van der Waals surface area contributed by atoms with Crippen molar-refractivity contribution in [3.8, 4) is 0 Å². The normalized spacial score (nSPS) is 10.6. The molecule has 1 N–H and O–H groups in total. The van der Waals surface area contributed by atoms with Crippen molar-refractivity contribution in [3.05, 3.63) is 107 Å². The second-order valence-electron chi connectivity index (χ2n) is 5.91. The third-order valence-electron chi connectivity index (χ3n) is 4.15. The van der Waals surface area contributed by atoms with Crippen LogP contribution in [0.1, 0.15) is 29.2 Å². The standard InChI is InChI=1S/C22H20FNO/c23-20-14-8-7-9-17(20)15-16-21(25)24-22(18-10-3-1-4-11-18)19-12-5-2-6-13-19/h1-14,22H,15-16H2,(H,24,25). The lowest BCUT2D eigenvalue weighted by Crippen LogP contribution is -2.29. The highest BCUT2D eigenvalue weighted by molar-refractivity contribution is 5.77. The van der Waals surface area contributed by atoms with E-state index in [1.54, 1.807) is 18.2 Å². The van der Waals surface area contributed by atoms with Crippen molar-refractivity contribution in [2.75, 3.05) is 0 Å². The number of hydrogen-bond acceptors (Lipinski definition) is 1. The van der Waals surface area contributed by atoms with Crippen LogP contribution in [0.5, 0.6) is 0 Å². The molecule has 0 heterocycles. The molecular weight excluding hydrogens is 313 g/mol. The van der Waals surface area contributed by atoms with Crippen molar-refractivity contribution in [2.24, 2.45) is 0 Å². The molecule has 0 aliphatic heterocycles. The first-order chi connectivity index (χ1) is 12.2. The van der Waals surface area contributed by atoms with Gasteiger partial charge in [-0.05, 0) is 29.2 Å². The molecular formula is C22H20FNO. The summed E-state index contributed by atoms with van der Waals surface area (Å²) in [5, 5.41) is 3.08. The van der Waals surface area contributed by atoms with E-state index in [1.165, 1.54) is 6.07 Å². The van der Waals surface area contributed by atoms with E-state index < -0.39 is 0 Å². The van der Waals surface area contributed by atoms with Crippen molar-refractivity contribution in [1.82, 2.24) is 5.32 Å². The van der Waals surface area contributed by atoms with Gasteiger partial charge in [-0.25, -0.2) is 4.39 Å². The van der Waals surface area contributed by atoms with Crippen LogP contribution in [-0.2, 0) is 11.2 Å². The van der Waals surface area contributed by atoms with Crippen molar-refractivity contribution in [3.63, 3.8) is 0 Å². The van der Waals surface area contributed by atoms with E-state index in [-0.39, 0.29) is 24.2 Å². The minimum Gasteiger partial charge on any atom is -0.345 e. The fourth-order valence-electron chi connectivity index (χ4n) is 2.83. The SMILES string of the molecule is O=C(CCc1ccccc1F)NC(c1ccccc1)c1ccccc1. The number of rotatable bonds is 6. The average molecular weight is 333 g/mol. The topological polar surface area (TPSA) is 29.1 Å². The summed E-state index contributed by atoms with van der Waals surface area (Å²) in [6.07, 6.45) is 0.631. The van der Waals surface area contributed by atoms with Crippen LogP contribution in [0.4, 0.5) is 4.39 Å². The first kappa shape index (κ1) is 16.9. The Morgan fingerprint density at radius 3 is 1.88 bits per heavy atom. The summed E-state index contributed by atoms with van der Waals surface area (Å²) in [4.78, 5) is 12.5. The highest BCUT2D eigenvalue weighted by Gasteiger charge is 2.16. The maximum absolute atomic E-state index is 13.7. The lowest BCUT2D eigenvalue weighted by atomic mass is 9.98. The summed E-state index contributed by atoms with van der Waals surface area (Å²) in [5.74, 6) is -0.362. The lowest BCUT2D eigenvalue weighted by Gasteiger charge is -2.20. The van der Waals surface area contributed by atoms with Crippen molar-refractivity contribution in [1.29, 1.82) is 0 Å². The molecule has 0 aromatic heterocycles. The third kappa shape index (κ3) is 4.54. The number of halogens is 1. The Kier molecular flexibility index (Phi) is 5.57. The van der Waals surface area contributed by atoms with Gasteiger partial charge in [0, 0.05) is 6.42 Å². The van der Waals surface area contributed by atoms with Gasteiger partial charge in [0.25, 0.3) is 0 Å². The molecule has 0 atom stereocenters. The summed E-state index contributed by atoms with van der Waals surface area (Å²) in [6, 6.07) is 26.1. The highest BCUT2D eigenvalue weighted by Crippen LogP contribution is 2.22. The minimum atomic E-state index is -0.266. The zero-order valence-electron chi connectivity index (χ0n) is 13.9. The van der Waals surface area contributed by atoms with Crippen LogP contribution in [0, 0.1) is 5.82 Å². The van der Waals surface area contributed by atoms with E-state index in [0.29, 0.717) is 12.0 Å². The number of aryl methyl sites for hydroxylation is 1. The van der Waals surface area contributed by atoms with Crippen LogP contribution in [0.3, 0.4) is 0 Å². The molecule has 3 aromatic rings. The summed E-state index contributed by atoms with van der Waals surface area (Å²) in [7, 11) is 0. The van der Waals surface area contributed by atoms with Gasteiger partial charge in [-0.2, -0.15) is 0 Å².